The molecule has 0 aromatic heterocycles. The van der Waals surface area contributed by atoms with Crippen LogP contribution in [0.3, 0.4) is 0 Å². The summed E-state index contributed by atoms with van der Waals surface area (Å²) in [4.78, 5) is 12.2. The maximum Gasteiger partial charge on any atom is 0.696 e. The Morgan fingerprint density at radius 2 is 1.92 bits per heavy atom. The smallest absolute Gasteiger partial charge is 0.361 e. The van der Waals surface area contributed by atoms with E-state index in [1.165, 1.54) is 21.1 Å². The molecule has 0 aliphatic rings. The largest absolute Gasteiger partial charge is 0.696 e. The summed E-state index contributed by atoms with van der Waals surface area (Å²) in [5, 5.41) is 0. The molecule has 12 heavy (non-hydrogen) atoms. The van der Waals surface area contributed by atoms with Crippen molar-refractivity contribution < 1.29 is 23.2 Å². The summed E-state index contributed by atoms with van der Waals surface area (Å²) in [5.41, 5.74) is 7.59. The van der Waals surface area contributed by atoms with Gasteiger partial charge in [0.1, 0.15) is 0 Å². The third-order valence-electron chi connectivity index (χ3n) is 0.538. The van der Waals surface area contributed by atoms with Gasteiger partial charge in [0.15, 0.2) is 0 Å². The molecule has 0 aromatic carbocycles. The molecule has 0 rings (SSSR count). The first-order chi connectivity index (χ1) is 5.58. The van der Waals surface area contributed by atoms with Crippen molar-refractivity contribution in [1.29, 1.82) is 0 Å². The van der Waals surface area contributed by atoms with Gasteiger partial charge in [-0.15, -0.1) is 9.05 Å². The number of carbonyl (C=O) groups excluding carboxylic acids is 1. The van der Waals surface area contributed by atoms with Gasteiger partial charge in [0.2, 0.25) is 5.78 Å². The topological polar surface area (TPSA) is 89.0 Å². The fourth-order valence-corrected chi connectivity index (χ4v) is 0.305. The quantitative estimate of drug-likeness (QED) is 0.287. The molecule has 0 spiro atoms. The molecule has 0 saturated heterocycles. The summed E-state index contributed by atoms with van der Waals surface area (Å²) in [7, 11) is 0.817. The zero-order chi connectivity index (χ0) is 9.98. The highest BCUT2D eigenvalue weighted by Crippen LogP contribution is 2.18. The van der Waals surface area contributed by atoms with Gasteiger partial charge in [-0.05, 0) is 0 Å². The standard InChI is InChI=1S/C3H4N2O.C2H6O3P/c1-3(6)2-5-4;1-4-6(3)5-2/h2H,1H3;1-2H3/q;+1. The molecule has 0 bridgehead atoms. The first kappa shape index (κ1) is 13.6. The Morgan fingerprint density at radius 1 is 1.50 bits per heavy atom. The van der Waals surface area contributed by atoms with Crippen LogP contribution in [0.1, 0.15) is 6.92 Å². The Kier molecular flexibility index (Phi) is 11.5. The lowest BCUT2D eigenvalue weighted by Gasteiger charge is -1.66. The third kappa shape index (κ3) is 16.0. The predicted molar refractivity (Wildman–Crippen MR) is 42.0 cm³/mol. The lowest BCUT2D eigenvalue weighted by molar-refractivity contribution is -0.114. The molecule has 0 heterocycles. The number of nitrogens with zero attached hydrogens (tertiary/aromatic N) is 2. The van der Waals surface area contributed by atoms with Crippen LogP contribution >= 0.6 is 8.25 Å². The van der Waals surface area contributed by atoms with Crippen LogP contribution < -0.4 is 0 Å². The average molecular weight is 193 g/mol. The van der Waals surface area contributed by atoms with E-state index in [1.54, 1.807) is 0 Å². The lowest BCUT2D eigenvalue weighted by Crippen LogP contribution is -1.88. The van der Waals surface area contributed by atoms with Gasteiger partial charge >= 0.3 is 14.5 Å². The maximum absolute atomic E-state index is 9.88. The second-order valence-corrected chi connectivity index (χ2v) is 2.62. The van der Waals surface area contributed by atoms with Gasteiger partial charge in [0.05, 0.1) is 14.2 Å². The minimum absolute atomic E-state index is 0.252. The van der Waals surface area contributed by atoms with E-state index in [0.29, 0.717) is 0 Å². The molecule has 0 saturated carbocycles. The molecule has 0 aliphatic carbocycles. The average Bonchev–Trinajstić information content (AvgIpc) is 2.04. The molecule has 6 nitrogen and oxygen atoms in total. The third-order valence-corrected chi connectivity index (χ3v) is 1.13. The summed E-state index contributed by atoms with van der Waals surface area (Å²) in [5.74, 6) is -0.252. The van der Waals surface area contributed by atoms with Crippen LogP contribution in [-0.4, -0.2) is 31.0 Å². The Bertz CT molecular complexity index is 194. The SMILES string of the molecule is CC(=O)C=[N+]=[N-].CO[P+](=O)OC. The Balaban J connectivity index is 0. The lowest BCUT2D eigenvalue weighted by atomic mass is 10.5. The van der Waals surface area contributed by atoms with Gasteiger partial charge in [-0.2, -0.15) is 4.79 Å². The number of hydrogen-bond donors (Lipinski definition) is 0. The number of carbonyl (C=O) groups is 1. The first-order valence-electron chi connectivity index (χ1n) is 2.82. The molecule has 0 radical (unpaired) electrons. The molecule has 0 fully saturated rings. The molecule has 0 aliphatic heterocycles. The van der Waals surface area contributed by atoms with E-state index in [0.717, 1.165) is 6.21 Å². The van der Waals surface area contributed by atoms with Crippen molar-refractivity contribution in [2.24, 2.45) is 0 Å². The molecule has 7 heteroatoms. The monoisotopic (exact) mass is 193 g/mol. The van der Waals surface area contributed by atoms with Crippen LogP contribution in [0.5, 0.6) is 0 Å². The van der Waals surface area contributed by atoms with E-state index in [4.69, 9.17) is 5.53 Å². The van der Waals surface area contributed by atoms with E-state index in [9.17, 15) is 9.36 Å². The fourth-order valence-electron chi connectivity index (χ4n) is 0.156. The van der Waals surface area contributed by atoms with Crippen LogP contribution in [0.4, 0.5) is 0 Å². The van der Waals surface area contributed by atoms with E-state index in [1.807, 2.05) is 0 Å². The molecule has 0 N–H and O–H groups in total. The number of rotatable bonds is 3. The van der Waals surface area contributed by atoms with Gasteiger partial charge in [-0.25, -0.2) is 0 Å². The summed E-state index contributed by atoms with van der Waals surface area (Å²) in [6.45, 7) is 1.31. The maximum atomic E-state index is 9.88. The Morgan fingerprint density at radius 3 is 1.92 bits per heavy atom. The van der Waals surface area contributed by atoms with Crippen molar-refractivity contribution in [3.05, 3.63) is 5.53 Å². The van der Waals surface area contributed by atoms with Crippen molar-refractivity contribution in [1.82, 2.24) is 0 Å². The van der Waals surface area contributed by atoms with Crippen LogP contribution in [0, 0.1) is 0 Å². The second kappa shape index (κ2) is 10.1. The van der Waals surface area contributed by atoms with Crippen molar-refractivity contribution in [2.45, 2.75) is 6.92 Å². The summed E-state index contributed by atoms with van der Waals surface area (Å²) in [6, 6.07) is 0. The van der Waals surface area contributed by atoms with Gasteiger partial charge in [-0.1, -0.05) is 0 Å². The van der Waals surface area contributed by atoms with Crippen molar-refractivity contribution in [3.8, 4) is 0 Å². The molecular formula is C5H10N2O4P+. The van der Waals surface area contributed by atoms with Gasteiger partial charge < -0.3 is 5.53 Å². The van der Waals surface area contributed by atoms with Gasteiger partial charge in [-0.3, -0.25) is 4.79 Å². The van der Waals surface area contributed by atoms with Crippen LogP contribution in [0.2, 0.25) is 0 Å². The van der Waals surface area contributed by atoms with Gasteiger partial charge in [0.25, 0.3) is 0 Å². The van der Waals surface area contributed by atoms with Crippen molar-refractivity contribution >= 4 is 20.3 Å². The molecule has 0 atom stereocenters. The number of hydrogen-bond acceptors (Lipinski definition) is 4. The van der Waals surface area contributed by atoms with Crippen molar-refractivity contribution in [3.63, 3.8) is 0 Å². The normalized spacial score (nSPS) is 7.25. The van der Waals surface area contributed by atoms with E-state index in [-0.39, 0.29) is 5.78 Å². The second-order valence-electron chi connectivity index (χ2n) is 1.44. The van der Waals surface area contributed by atoms with Gasteiger partial charge in [0, 0.05) is 11.5 Å². The zero-order valence-corrected chi connectivity index (χ0v) is 7.95. The van der Waals surface area contributed by atoms with Crippen LogP contribution in [-0.2, 0) is 18.4 Å². The summed E-state index contributed by atoms with van der Waals surface area (Å²) in [6.07, 6.45) is 0.833. The Hall–Kier alpha value is -0.930. The summed E-state index contributed by atoms with van der Waals surface area (Å²) < 4.78 is 18.3. The minimum atomic E-state index is -1.83. The minimum Gasteiger partial charge on any atom is -0.361 e. The number of Topliss-reactive ketones (excluding diaryl/α,β-unsaturated/α-hetero) is 1. The highest BCUT2D eigenvalue weighted by molar-refractivity contribution is 7.33. The Labute approximate surface area is 71.1 Å². The molecule has 0 unspecified atom stereocenters. The van der Waals surface area contributed by atoms with Crippen LogP contribution in [0.15, 0.2) is 0 Å². The molecule has 0 aromatic rings. The first-order valence-corrected chi connectivity index (χ1v) is 3.91. The highest BCUT2D eigenvalue weighted by Gasteiger charge is 2.10. The van der Waals surface area contributed by atoms with E-state index >= 15 is 0 Å². The predicted octanol–water partition coefficient (Wildman–Crippen LogP) is 0.813. The molecule has 0 amide bonds. The van der Waals surface area contributed by atoms with Crippen LogP contribution in [0.25, 0.3) is 5.53 Å². The number of ketones is 1. The zero-order valence-electron chi connectivity index (χ0n) is 7.05. The molecule has 68 valence electrons. The summed E-state index contributed by atoms with van der Waals surface area (Å²) >= 11 is 0. The fraction of sp³-hybridized carbons (Fsp3) is 0.600. The van der Waals surface area contributed by atoms with Crippen molar-refractivity contribution in [2.75, 3.05) is 14.2 Å². The highest BCUT2D eigenvalue weighted by atomic mass is 31.1. The molecular weight excluding hydrogens is 183 g/mol. The van der Waals surface area contributed by atoms with E-state index < -0.39 is 8.25 Å². The van der Waals surface area contributed by atoms with E-state index in [2.05, 4.69) is 13.8 Å².